The van der Waals surface area contributed by atoms with Crippen LogP contribution in [0.25, 0.3) is 5.57 Å². The lowest BCUT2D eigenvalue weighted by Crippen LogP contribution is -2.39. The Kier molecular flexibility index (Phi) is 4.13. The summed E-state index contributed by atoms with van der Waals surface area (Å²) in [6.45, 7) is 9.26. The Balaban J connectivity index is 2.74. The van der Waals surface area contributed by atoms with Crippen molar-refractivity contribution >= 4 is 27.4 Å². The number of nitrogens with one attached hydrogen (secondary N) is 1. The quantitative estimate of drug-likeness (QED) is 0.816. The number of aliphatic hydroxyl groups excluding tert-OH is 1. The molecule has 4 heteroatoms. The topological polar surface area (TPSA) is 49.3 Å². The summed E-state index contributed by atoms with van der Waals surface area (Å²) in [5.74, 6) is -0.288. The summed E-state index contributed by atoms with van der Waals surface area (Å²) in [4.78, 5) is 12.4. The Bertz CT molecular complexity index is 699. The van der Waals surface area contributed by atoms with Crippen molar-refractivity contribution in [3.05, 3.63) is 57.4 Å². The van der Waals surface area contributed by atoms with E-state index in [0.717, 1.165) is 27.6 Å². The average molecular weight is 348 g/mol. The number of rotatable bonds is 3. The molecule has 3 nitrogen and oxygen atoms in total. The van der Waals surface area contributed by atoms with Crippen molar-refractivity contribution in [2.75, 3.05) is 0 Å². The lowest BCUT2D eigenvalue weighted by Gasteiger charge is -2.18. The van der Waals surface area contributed by atoms with Crippen molar-refractivity contribution in [2.24, 2.45) is 0 Å². The molecule has 1 aliphatic heterocycles. The number of aryl methyl sites for hydroxylation is 2. The fraction of sp³-hybridized carbons (Fsp3) is 0.294. The zero-order valence-electron chi connectivity index (χ0n) is 12.4. The van der Waals surface area contributed by atoms with E-state index in [0.29, 0.717) is 5.57 Å². The molecule has 0 radical (unpaired) electrons. The number of carbonyl (C=O) groups excluding carboxylic acids is 1. The fourth-order valence-corrected chi connectivity index (χ4v) is 3.45. The van der Waals surface area contributed by atoms with Gasteiger partial charge in [-0.05, 0) is 43.5 Å². The third kappa shape index (κ3) is 2.57. The van der Waals surface area contributed by atoms with Gasteiger partial charge in [-0.25, -0.2) is 0 Å². The summed E-state index contributed by atoms with van der Waals surface area (Å²) >= 11 is 3.52. The lowest BCUT2D eigenvalue weighted by molar-refractivity contribution is -0.115. The molecule has 21 heavy (non-hydrogen) atoms. The zero-order valence-corrected chi connectivity index (χ0v) is 14.0. The zero-order chi connectivity index (χ0) is 15.8. The SMILES string of the molecule is C=C=CC1(C)NC(=O)C(c2c(Br)cc(C)cc2CC)=C1O. The van der Waals surface area contributed by atoms with Crippen LogP contribution in [-0.4, -0.2) is 16.6 Å². The highest BCUT2D eigenvalue weighted by Gasteiger charge is 2.41. The molecule has 0 aromatic heterocycles. The van der Waals surface area contributed by atoms with Gasteiger partial charge in [-0.1, -0.05) is 35.5 Å². The van der Waals surface area contributed by atoms with Crippen LogP contribution < -0.4 is 5.32 Å². The minimum atomic E-state index is -0.955. The van der Waals surface area contributed by atoms with Gasteiger partial charge in [0, 0.05) is 10.0 Å². The molecule has 0 bridgehead atoms. The van der Waals surface area contributed by atoms with E-state index >= 15 is 0 Å². The van der Waals surface area contributed by atoms with Crippen LogP contribution in [0, 0.1) is 6.92 Å². The third-order valence-electron chi connectivity index (χ3n) is 3.67. The molecule has 0 aliphatic carbocycles. The molecule has 1 heterocycles. The van der Waals surface area contributed by atoms with Gasteiger partial charge >= 0.3 is 0 Å². The van der Waals surface area contributed by atoms with E-state index in [9.17, 15) is 9.90 Å². The number of hydrogen-bond donors (Lipinski definition) is 2. The maximum Gasteiger partial charge on any atom is 0.256 e. The van der Waals surface area contributed by atoms with E-state index in [1.807, 2.05) is 26.0 Å². The maximum atomic E-state index is 12.4. The van der Waals surface area contributed by atoms with Crippen LogP contribution in [0.1, 0.15) is 30.5 Å². The first kappa shape index (κ1) is 15.6. The standard InChI is InChI=1S/C17H18BrNO2/c1-5-7-17(4)15(20)14(16(21)19-17)13-11(6-2)8-10(3)9-12(13)18/h7-9,20H,1,6H2,2-4H3,(H,19,21). The Morgan fingerprint density at radius 2 is 2.19 bits per heavy atom. The number of aliphatic hydroxyl groups is 1. The fourth-order valence-electron chi connectivity index (χ4n) is 2.64. The van der Waals surface area contributed by atoms with Crippen LogP contribution in [0.15, 0.2) is 40.8 Å². The number of hydrogen-bond acceptors (Lipinski definition) is 2. The molecule has 0 spiro atoms. The van der Waals surface area contributed by atoms with Crippen LogP contribution in [-0.2, 0) is 11.2 Å². The van der Waals surface area contributed by atoms with E-state index in [4.69, 9.17) is 0 Å². The minimum absolute atomic E-state index is 0.00269. The molecule has 1 unspecified atom stereocenters. The first-order valence-electron chi connectivity index (χ1n) is 6.76. The second-order valence-corrected chi connectivity index (χ2v) is 6.22. The van der Waals surface area contributed by atoms with Crippen LogP contribution >= 0.6 is 15.9 Å². The summed E-state index contributed by atoms with van der Waals surface area (Å²) in [6, 6.07) is 3.98. The van der Waals surface area contributed by atoms with Gasteiger partial charge in [0.05, 0.1) is 5.57 Å². The normalized spacial score (nSPS) is 21.2. The largest absolute Gasteiger partial charge is 0.509 e. The molecule has 2 N–H and O–H groups in total. The average Bonchev–Trinajstić information content (AvgIpc) is 2.61. The molecule has 1 aromatic rings. The molecule has 1 aromatic carbocycles. The first-order chi connectivity index (χ1) is 9.84. The van der Waals surface area contributed by atoms with Gasteiger partial charge in [-0.15, -0.1) is 5.73 Å². The van der Waals surface area contributed by atoms with Gasteiger partial charge in [0.25, 0.3) is 5.91 Å². The maximum absolute atomic E-state index is 12.4. The molecule has 2 rings (SSSR count). The van der Waals surface area contributed by atoms with Gasteiger partial charge < -0.3 is 10.4 Å². The van der Waals surface area contributed by atoms with E-state index in [-0.39, 0.29) is 11.7 Å². The van der Waals surface area contributed by atoms with Crippen LogP contribution in [0.4, 0.5) is 0 Å². The molecular weight excluding hydrogens is 330 g/mol. The summed E-state index contributed by atoms with van der Waals surface area (Å²) in [6.07, 6.45) is 2.33. The molecular formula is C17H18BrNO2. The van der Waals surface area contributed by atoms with Crippen molar-refractivity contribution in [3.8, 4) is 0 Å². The summed E-state index contributed by atoms with van der Waals surface area (Å²) < 4.78 is 0.808. The minimum Gasteiger partial charge on any atom is -0.509 e. The number of carbonyl (C=O) groups is 1. The van der Waals surface area contributed by atoms with Gasteiger partial charge in [0.15, 0.2) is 0 Å². The third-order valence-corrected chi connectivity index (χ3v) is 4.29. The van der Waals surface area contributed by atoms with Crippen molar-refractivity contribution in [2.45, 2.75) is 32.7 Å². The number of halogens is 1. The van der Waals surface area contributed by atoms with E-state index in [1.165, 1.54) is 0 Å². The first-order valence-corrected chi connectivity index (χ1v) is 7.56. The Morgan fingerprint density at radius 1 is 1.52 bits per heavy atom. The van der Waals surface area contributed by atoms with Crippen molar-refractivity contribution in [1.82, 2.24) is 5.32 Å². The lowest BCUT2D eigenvalue weighted by atomic mass is 9.93. The summed E-state index contributed by atoms with van der Waals surface area (Å²) in [7, 11) is 0. The van der Waals surface area contributed by atoms with Gasteiger partial charge in [0.2, 0.25) is 0 Å². The molecule has 0 saturated heterocycles. The number of benzene rings is 1. The van der Waals surface area contributed by atoms with Crippen LogP contribution in [0.5, 0.6) is 0 Å². The molecule has 1 amide bonds. The smallest absolute Gasteiger partial charge is 0.256 e. The number of amides is 1. The Hall–Kier alpha value is -1.77. The molecule has 0 fully saturated rings. The van der Waals surface area contributed by atoms with Crippen molar-refractivity contribution < 1.29 is 9.90 Å². The van der Waals surface area contributed by atoms with Crippen LogP contribution in [0.3, 0.4) is 0 Å². The Morgan fingerprint density at radius 3 is 2.76 bits per heavy atom. The van der Waals surface area contributed by atoms with Crippen molar-refractivity contribution in [1.29, 1.82) is 0 Å². The van der Waals surface area contributed by atoms with E-state index in [2.05, 4.69) is 33.6 Å². The van der Waals surface area contributed by atoms with Crippen molar-refractivity contribution in [3.63, 3.8) is 0 Å². The highest BCUT2D eigenvalue weighted by atomic mass is 79.9. The predicted octanol–water partition coefficient (Wildman–Crippen LogP) is 3.82. The predicted molar refractivity (Wildman–Crippen MR) is 88.1 cm³/mol. The highest BCUT2D eigenvalue weighted by molar-refractivity contribution is 9.10. The molecule has 1 atom stereocenters. The van der Waals surface area contributed by atoms with Gasteiger partial charge in [-0.3, -0.25) is 4.79 Å². The monoisotopic (exact) mass is 347 g/mol. The van der Waals surface area contributed by atoms with E-state index < -0.39 is 5.54 Å². The summed E-state index contributed by atoms with van der Waals surface area (Å²) in [5.41, 5.74) is 4.86. The molecule has 0 saturated carbocycles. The van der Waals surface area contributed by atoms with Gasteiger partial charge in [-0.2, -0.15) is 0 Å². The molecule has 110 valence electrons. The molecule has 1 aliphatic rings. The van der Waals surface area contributed by atoms with E-state index in [1.54, 1.807) is 13.0 Å². The Labute approximate surface area is 133 Å². The summed E-state index contributed by atoms with van der Waals surface area (Å²) in [5, 5.41) is 13.3. The highest BCUT2D eigenvalue weighted by Crippen LogP contribution is 2.38. The van der Waals surface area contributed by atoms with Crippen LogP contribution in [0.2, 0.25) is 0 Å². The van der Waals surface area contributed by atoms with Gasteiger partial charge in [0.1, 0.15) is 11.3 Å². The second-order valence-electron chi connectivity index (χ2n) is 5.36. The second kappa shape index (κ2) is 5.55.